The van der Waals surface area contributed by atoms with E-state index in [1.54, 1.807) is 0 Å². The molecule has 2 rings (SSSR count). The standard InChI is InChI=1S/C9H16FNO/c1-9(6-12-7-9)11-4-2-3-8(10)5-11/h8H,2-7H2,1H3/t8-/m0/s1. The van der Waals surface area contributed by atoms with E-state index in [0.29, 0.717) is 6.54 Å². The third-order valence-corrected chi connectivity index (χ3v) is 2.95. The first-order chi connectivity index (χ1) is 5.71. The molecule has 2 saturated heterocycles. The van der Waals surface area contributed by atoms with Crippen LogP contribution >= 0.6 is 0 Å². The van der Waals surface area contributed by atoms with Gasteiger partial charge in [0.1, 0.15) is 6.17 Å². The summed E-state index contributed by atoms with van der Waals surface area (Å²) in [6.45, 7) is 5.37. The predicted molar refractivity (Wildman–Crippen MR) is 44.9 cm³/mol. The molecule has 0 amide bonds. The topological polar surface area (TPSA) is 12.5 Å². The molecule has 2 aliphatic rings. The molecule has 70 valence electrons. The number of nitrogens with zero attached hydrogens (tertiary/aromatic N) is 1. The second kappa shape index (κ2) is 2.96. The summed E-state index contributed by atoms with van der Waals surface area (Å²) in [6.07, 6.45) is 1.13. The van der Waals surface area contributed by atoms with Crippen LogP contribution in [0.3, 0.4) is 0 Å². The third kappa shape index (κ3) is 1.36. The third-order valence-electron chi connectivity index (χ3n) is 2.95. The van der Waals surface area contributed by atoms with Gasteiger partial charge in [-0.25, -0.2) is 4.39 Å². The molecule has 2 heterocycles. The Bertz CT molecular complexity index is 170. The lowest BCUT2D eigenvalue weighted by molar-refractivity contribution is -0.141. The van der Waals surface area contributed by atoms with Crippen LogP contribution in [0.15, 0.2) is 0 Å². The van der Waals surface area contributed by atoms with Crippen LogP contribution in [-0.2, 0) is 4.74 Å². The van der Waals surface area contributed by atoms with Crippen molar-refractivity contribution >= 4 is 0 Å². The van der Waals surface area contributed by atoms with Crippen LogP contribution in [0.25, 0.3) is 0 Å². The molecule has 0 unspecified atom stereocenters. The largest absolute Gasteiger partial charge is 0.377 e. The van der Waals surface area contributed by atoms with E-state index >= 15 is 0 Å². The van der Waals surface area contributed by atoms with Gasteiger partial charge in [0, 0.05) is 6.54 Å². The number of hydrogen-bond donors (Lipinski definition) is 0. The average Bonchev–Trinajstić information content (AvgIpc) is 2.00. The molecule has 0 spiro atoms. The molecule has 0 N–H and O–H groups in total. The Morgan fingerprint density at radius 1 is 1.50 bits per heavy atom. The first-order valence-electron chi connectivity index (χ1n) is 4.68. The molecule has 1 atom stereocenters. The van der Waals surface area contributed by atoms with Gasteiger partial charge in [0.15, 0.2) is 0 Å². The van der Waals surface area contributed by atoms with Crippen LogP contribution in [0.2, 0.25) is 0 Å². The van der Waals surface area contributed by atoms with Gasteiger partial charge in [-0.05, 0) is 26.3 Å². The van der Waals surface area contributed by atoms with E-state index in [-0.39, 0.29) is 5.54 Å². The van der Waals surface area contributed by atoms with Crippen molar-refractivity contribution < 1.29 is 9.13 Å². The van der Waals surface area contributed by atoms with Gasteiger partial charge in [0.05, 0.1) is 18.8 Å². The molecule has 2 fully saturated rings. The first kappa shape index (κ1) is 8.45. The Kier molecular flexibility index (Phi) is 2.09. The Morgan fingerprint density at radius 2 is 2.25 bits per heavy atom. The molecular weight excluding hydrogens is 157 g/mol. The number of hydrogen-bond acceptors (Lipinski definition) is 2. The van der Waals surface area contributed by atoms with Gasteiger partial charge >= 0.3 is 0 Å². The van der Waals surface area contributed by atoms with E-state index in [9.17, 15) is 4.39 Å². The van der Waals surface area contributed by atoms with E-state index in [1.807, 2.05) is 0 Å². The van der Waals surface area contributed by atoms with E-state index < -0.39 is 6.17 Å². The minimum absolute atomic E-state index is 0.144. The number of piperidine rings is 1. The molecule has 12 heavy (non-hydrogen) atoms. The zero-order chi connectivity index (χ0) is 8.60. The van der Waals surface area contributed by atoms with Crippen molar-refractivity contribution in [2.24, 2.45) is 0 Å². The maximum atomic E-state index is 13.0. The van der Waals surface area contributed by atoms with Crippen molar-refractivity contribution in [3.8, 4) is 0 Å². The molecule has 2 aliphatic heterocycles. The van der Waals surface area contributed by atoms with Crippen LogP contribution in [-0.4, -0.2) is 42.9 Å². The monoisotopic (exact) mass is 173 g/mol. The lowest BCUT2D eigenvalue weighted by atomic mass is 9.94. The number of rotatable bonds is 1. The van der Waals surface area contributed by atoms with E-state index in [0.717, 1.165) is 32.6 Å². The lowest BCUT2D eigenvalue weighted by Gasteiger charge is -2.49. The van der Waals surface area contributed by atoms with Crippen molar-refractivity contribution in [2.75, 3.05) is 26.3 Å². The van der Waals surface area contributed by atoms with Crippen LogP contribution in [0, 0.1) is 0 Å². The highest BCUT2D eigenvalue weighted by atomic mass is 19.1. The molecule has 0 bridgehead atoms. The molecule has 0 aromatic carbocycles. The molecule has 0 aromatic rings. The molecule has 2 nitrogen and oxygen atoms in total. The average molecular weight is 173 g/mol. The van der Waals surface area contributed by atoms with E-state index in [2.05, 4.69) is 11.8 Å². The lowest BCUT2D eigenvalue weighted by Crippen LogP contribution is -2.62. The number of ether oxygens (including phenoxy) is 1. The van der Waals surface area contributed by atoms with Gasteiger partial charge in [0.2, 0.25) is 0 Å². The zero-order valence-corrected chi connectivity index (χ0v) is 7.55. The van der Waals surface area contributed by atoms with Gasteiger partial charge in [-0.2, -0.15) is 0 Å². The highest BCUT2D eigenvalue weighted by Gasteiger charge is 2.41. The second-order valence-electron chi connectivity index (χ2n) is 4.18. The maximum Gasteiger partial charge on any atom is 0.113 e. The SMILES string of the molecule is CC1(N2CCC[C@H](F)C2)COC1. The van der Waals surface area contributed by atoms with Crippen molar-refractivity contribution in [2.45, 2.75) is 31.5 Å². The summed E-state index contributed by atoms with van der Waals surface area (Å²) in [4.78, 5) is 2.24. The summed E-state index contributed by atoms with van der Waals surface area (Å²) >= 11 is 0. The summed E-state index contributed by atoms with van der Waals surface area (Å²) in [5, 5.41) is 0. The molecule has 3 heteroatoms. The normalized spacial score (nSPS) is 36.0. The van der Waals surface area contributed by atoms with E-state index in [4.69, 9.17) is 4.74 Å². The number of halogens is 1. The quantitative estimate of drug-likeness (QED) is 0.591. The Balaban J connectivity index is 1.94. The van der Waals surface area contributed by atoms with Gasteiger partial charge in [0.25, 0.3) is 0 Å². The van der Waals surface area contributed by atoms with Crippen LogP contribution < -0.4 is 0 Å². The smallest absolute Gasteiger partial charge is 0.113 e. The van der Waals surface area contributed by atoms with Gasteiger partial charge in [-0.15, -0.1) is 0 Å². The van der Waals surface area contributed by atoms with Crippen molar-refractivity contribution in [3.05, 3.63) is 0 Å². The summed E-state index contributed by atoms with van der Waals surface area (Å²) in [5.41, 5.74) is 0.144. The summed E-state index contributed by atoms with van der Waals surface area (Å²) < 4.78 is 18.2. The van der Waals surface area contributed by atoms with Crippen molar-refractivity contribution in [3.63, 3.8) is 0 Å². The van der Waals surface area contributed by atoms with Gasteiger partial charge in [-0.1, -0.05) is 0 Å². The zero-order valence-electron chi connectivity index (χ0n) is 7.55. The minimum atomic E-state index is -0.615. The fourth-order valence-electron chi connectivity index (χ4n) is 2.00. The predicted octanol–water partition coefficient (Wildman–Crippen LogP) is 1.21. The fourth-order valence-corrected chi connectivity index (χ4v) is 2.00. The fraction of sp³-hybridized carbons (Fsp3) is 1.00. The van der Waals surface area contributed by atoms with Crippen molar-refractivity contribution in [1.82, 2.24) is 4.90 Å². The Morgan fingerprint density at radius 3 is 2.75 bits per heavy atom. The highest BCUT2D eigenvalue weighted by Crippen LogP contribution is 2.28. The van der Waals surface area contributed by atoms with E-state index in [1.165, 1.54) is 0 Å². The minimum Gasteiger partial charge on any atom is -0.377 e. The molecular formula is C9H16FNO. The number of alkyl halides is 1. The van der Waals surface area contributed by atoms with Gasteiger partial charge in [-0.3, -0.25) is 4.90 Å². The van der Waals surface area contributed by atoms with Crippen LogP contribution in [0.1, 0.15) is 19.8 Å². The number of likely N-dealkylation sites (tertiary alicyclic amines) is 1. The molecule has 0 radical (unpaired) electrons. The Hall–Kier alpha value is -0.150. The maximum absolute atomic E-state index is 13.0. The summed E-state index contributed by atoms with van der Waals surface area (Å²) in [7, 11) is 0. The van der Waals surface area contributed by atoms with Crippen LogP contribution in [0.5, 0.6) is 0 Å². The highest BCUT2D eigenvalue weighted by molar-refractivity contribution is 4.94. The molecule has 0 saturated carbocycles. The van der Waals surface area contributed by atoms with Gasteiger partial charge < -0.3 is 4.74 Å². The van der Waals surface area contributed by atoms with Crippen molar-refractivity contribution in [1.29, 1.82) is 0 Å². The first-order valence-corrected chi connectivity index (χ1v) is 4.68. The van der Waals surface area contributed by atoms with Crippen LogP contribution in [0.4, 0.5) is 4.39 Å². The summed E-state index contributed by atoms with van der Waals surface area (Å²) in [5.74, 6) is 0. The second-order valence-corrected chi connectivity index (χ2v) is 4.18. The Labute approximate surface area is 72.7 Å². The molecule has 0 aromatic heterocycles. The summed E-state index contributed by atoms with van der Waals surface area (Å²) in [6, 6.07) is 0. The molecule has 0 aliphatic carbocycles.